The minimum absolute atomic E-state index is 0.347. The van der Waals surface area contributed by atoms with Gasteiger partial charge >= 0.3 is 5.97 Å². The van der Waals surface area contributed by atoms with E-state index in [4.69, 9.17) is 9.47 Å². The Balaban J connectivity index is 2.98. The average molecular weight is 234 g/mol. The minimum atomic E-state index is -1.98. The number of Topliss-reactive ketones (excluding diaryl/α,β-unsaturated/α-hetero) is 1. The fourth-order valence-electron chi connectivity index (χ4n) is 1.84. The molecule has 1 saturated heterocycles. The first-order valence-corrected chi connectivity index (χ1v) is 4.98. The summed E-state index contributed by atoms with van der Waals surface area (Å²) in [5.41, 5.74) is -1.98. The number of ether oxygens (including phenoxy) is 2. The van der Waals surface area contributed by atoms with Crippen LogP contribution in [0.1, 0.15) is 27.2 Å². The Kier molecular flexibility index (Phi) is 3.64. The van der Waals surface area contributed by atoms with E-state index >= 15 is 0 Å². The van der Waals surface area contributed by atoms with Crippen molar-refractivity contribution < 1.29 is 28.6 Å². The molecule has 0 radical (unpaired) electrons. The van der Waals surface area contributed by atoms with Crippen LogP contribution >= 0.6 is 0 Å². The van der Waals surface area contributed by atoms with Gasteiger partial charge in [0.25, 0.3) is 0 Å². The number of aliphatic hydroxyl groups is 1. The number of rotatable bonds is 2. The summed E-state index contributed by atoms with van der Waals surface area (Å²) < 4.78 is 22.6. The average Bonchev–Trinajstić information content (AvgIpc) is 2.12. The Labute approximate surface area is 92.5 Å². The van der Waals surface area contributed by atoms with Crippen molar-refractivity contribution in [2.75, 3.05) is 0 Å². The van der Waals surface area contributed by atoms with E-state index in [0.29, 0.717) is 0 Å². The van der Waals surface area contributed by atoms with Gasteiger partial charge in [0.15, 0.2) is 11.4 Å². The molecular formula is C10H15FO5. The van der Waals surface area contributed by atoms with E-state index in [1.54, 1.807) is 0 Å². The zero-order valence-corrected chi connectivity index (χ0v) is 9.40. The van der Waals surface area contributed by atoms with Crippen LogP contribution in [0.4, 0.5) is 4.39 Å². The second-order valence-electron chi connectivity index (χ2n) is 3.90. The summed E-state index contributed by atoms with van der Waals surface area (Å²) in [6.07, 6.45) is -4.27. The largest absolute Gasteiger partial charge is 0.459 e. The van der Waals surface area contributed by atoms with Gasteiger partial charge in [-0.2, -0.15) is 0 Å². The first kappa shape index (κ1) is 13.1. The molecule has 1 aliphatic heterocycles. The highest BCUT2D eigenvalue weighted by Crippen LogP contribution is 2.33. The van der Waals surface area contributed by atoms with Crippen molar-refractivity contribution in [2.24, 2.45) is 0 Å². The Morgan fingerprint density at radius 3 is 2.50 bits per heavy atom. The first-order chi connectivity index (χ1) is 7.28. The van der Waals surface area contributed by atoms with Gasteiger partial charge < -0.3 is 14.6 Å². The molecule has 92 valence electrons. The van der Waals surface area contributed by atoms with Gasteiger partial charge in [0.2, 0.25) is 6.36 Å². The smallest absolute Gasteiger partial charge is 0.303 e. The summed E-state index contributed by atoms with van der Waals surface area (Å²) in [5, 5.41) is 10.1. The molecule has 1 fully saturated rings. The third-order valence-electron chi connectivity index (χ3n) is 2.73. The van der Waals surface area contributed by atoms with Crippen molar-refractivity contribution in [3.8, 4) is 0 Å². The molecule has 6 heteroatoms. The highest BCUT2D eigenvalue weighted by Gasteiger charge is 2.54. The van der Waals surface area contributed by atoms with E-state index in [0.717, 1.165) is 13.8 Å². The molecule has 0 bridgehead atoms. The maximum Gasteiger partial charge on any atom is 0.303 e. The summed E-state index contributed by atoms with van der Waals surface area (Å²) in [6.45, 7) is 3.65. The van der Waals surface area contributed by atoms with Crippen molar-refractivity contribution in [1.82, 2.24) is 0 Å². The first-order valence-electron chi connectivity index (χ1n) is 4.98. The van der Waals surface area contributed by atoms with E-state index in [1.807, 2.05) is 0 Å². The van der Waals surface area contributed by atoms with Crippen LogP contribution in [0, 0.1) is 0 Å². The minimum Gasteiger partial charge on any atom is -0.459 e. The number of esters is 1. The number of hydrogen-bond acceptors (Lipinski definition) is 5. The molecule has 16 heavy (non-hydrogen) atoms. The van der Waals surface area contributed by atoms with Crippen LogP contribution in [0.25, 0.3) is 0 Å². The third-order valence-corrected chi connectivity index (χ3v) is 2.73. The molecule has 5 nitrogen and oxygen atoms in total. The predicted molar refractivity (Wildman–Crippen MR) is 51.2 cm³/mol. The van der Waals surface area contributed by atoms with Crippen molar-refractivity contribution in [2.45, 2.75) is 51.4 Å². The standard InChI is InChI=1S/C10H15FO5/c1-5(12)10(14)6(2)15-9(11)4-8(10)16-7(3)13/h6,8-9,14H,4H2,1-3H3/t6-,8+,9-,10+/m0/s1. The van der Waals surface area contributed by atoms with E-state index in [1.165, 1.54) is 6.92 Å². The maximum absolute atomic E-state index is 13.1. The Morgan fingerprint density at radius 1 is 1.50 bits per heavy atom. The van der Waals surface area contributed by atoms with E-state index < -0.39 is 35.9 Å². The summed E-state index contributed by atoms with van der Waals surface area (Å²) in [4.78, 5) is 22.2. The second-order valence-corrected chi connectivity index (χ2v) is 3.90. The van der Waals surface area contributed by atoms with Crippen molar-refractivity contribution in [1.29, 1.82) is 0 Å². The van der Waals surface area contributed by atoms with Crippen molar-refractivity contribution >= 4 is 11.8 Å². The van der Waals surface area contributed by atoms with Gasteiger partial charge in [-0.15, -0.1) is 0 Å². The van der Waals surface area contributed by atoms with Gasteiger partial charge in [0, 0.05) is 13.3 Å². The maximum atomic E-state index is 13.1. The lowest BCUT2D eigenvalue weighted by atomic mass is 9.83. The SMILES string of the molecule is CC(=O)O[C@@H]1C[C@@H](F)O[C@@H](C)[C@]1(O)C(C)=O. The van der Waals surface area contributed by atoms with Gasteiger partial charge in [-0.1, -0.05) is 0 Å². The van der Waals surface area contributed by atoms with Gasteiger partial charge in [-0.25, -0.2) is 4.39 Å². The molecule has 0 aromatic heterocycles. The van der Waals surface area contributed by atoms with Crippen LogP contribution < -0.4 is 0 Å². The lowest BCUT2D eigenvalue weighted by molar-refractivity contribution is -0.246. The monoisotopic (exact) mass is 234 g/mol. The second kappa shape index (κ2) is 4.47. The molecule has 0 amide bonds. The van der Waals surface area contributed by atoms with E-state index in [-0.39, 0.29) is 6.42 Å². The number of alkyl halides is 1. The third kappa shape index (κ3) is 2.22. The molecule has 1 rings (SSSR count). The van der Waals surface area contributed by atoms with Crippen LogP contribution in [0.3, 0.4) is 0 Å². The molecule has 0 aliphatic carbocycles. The highest BCUT2D eigenvalue weighted by molar-refractivity contribution is 5.86. The Morgan fingerprint density at radius 2 is 2.06 bits per heavy atom. The molecule has 0 saturated carbocycles. The van der Waals surface area contributed by atoms with Gasteiger partial charge in [0.05, 0.1) is 6.10 Å². The highest BCUT2D eigenvalue weighted by atomic mass is 19.1. The Hall–Kier alpha value is -1.01. The number of halogens is 1. The molecule has 4 atom stereocenters. The molecule has 1 aliphatic rings. The van der Waals surface area contributed by atoms with Crippen LogP contribution in [-0.2, 0) is 19.1 Å². The number of carbonyl (C=O) groups is 2. The summed E-state index contributed by atoms with van der Waals surface area (Å²) in [7, 11) is 0. The Bertz CT molecular complexity index is 306. The number of carbonyl (C=O) groups excluding carboxylic acids is 2. The quantitative estimate of drug-likeness (QED) is 0.697. The van der Waals surface area contributed by atoms with Crippen LogP contribution in [0.5, 0.6) is 0 Å². The van der Waals surface area contributed by atoms with E-state index in [2.05, 4.69) is 0 Å². The topological polar surface area (TPSA) is 72.8 Å². The van der Waals surface area contributed by atoms with Crippen LogP contribution in [-0.4, -0.2) is 41.0 Å². The molecular weight excluding hydrogens is 219 g/mol. The zero-order chi connectivity index (χ0) is 12.5. The lowest BCUT2D eigenvalue weighted by Crippen LogP contribution is -2.62. The van der Waals surface area contributed by atoms with Gasteiger partial charge in [-0.05, 0) is 13.8 Å². The normalized spacial score (nSPS) is 39.2. The molecule has 0 spiro atoms. The van der Waals surface area contributed by atoms with Crippen LogP contribution in [0.15, 0.2) is 0 Å². The molecule has 0 unspecified atom stereocenters. The molecule has 0 aromatic rings. The number of ketones is 1. The molecule has 1 N–H and O–H groups in total. The number of hydrogen-bond donors (Lipinski definition) is 1. The fraction of sp³-hybridized carbons (Fsp3) is 0.800. The molecule has 1 heterocycles. The lowest BCUT2D eigenvalue weighted by Gasteiger charge is -2.42. The summed E-state index contributed by atoms with van der Waals surface area (Å²) >= 11 is 0. The zero-order valence-electron chi connectivity index (χ0n) is 9.40. The van der Waals surface area contributed by atoms with Crippen LogP contribution in [0.2, 0.25) is 0 Å². The fourth-order valence-corrected chi connectivity index (χ4v) is 1.84. The van der Waals surface area contributed by atoms with E-state index in [9.17, 15) is 19.1 Å². The van der Waals surface area contributed by atoms with Crippen molar-refractivity contribution in [3.05, 3.63) is 0 Å². The summed E-state index contributed by atoms with van der Waals surface area (Å²) in [5.74, 6) is -1.29. The van der Waals surface area contributed by atoms with Crippen molar-refractivity contribution in [3.63, 3.8) is 0 Å². The molecule has 0 aromatic carbocycles. The van der Waals surface area contributed by atoms with Gasteiger partial charge in [-0.3, -0.25) is 9.59 Å². The summed E-state index contributed by atoms with van der Waals surface area (Å²) in [6, 6.07) is 0. The predicted octanol–water partition coefficient (Wildman–Crippen LogP) is 0.343. The van der Waals surface area contributed by atoms with Gasteiger partial charge in [0.1, 0.15) is 6.10 Å².